The second-order valence-electron chi connectivity index (χ2n) is 4.39. The Balaban J connectivity index is 3.17. The first-order valence-electron chi connectivity index (χ1n) is 5.30. The minimum atomic E-state index is -1.86. The van der Waals surface area contributed by atoms with Crippen molar-refractivity contribution in [3.8, 4) is 0 Å². The topological polar surface area (TPSA) is 20.2 Å². The van der Waals surface area contributed by atoms with Crippen molar-refractivity contribution < 1.29 is 5.11 Å². The highest BCUT2D eigenvalue weighted by Crippen LogP contribution is 2.53. The van der Waals surface area contributed by atoms with Crippen LogP contribution < -0.4 is 0 Å². The predicted molar refractivity (Wildman–Crippen MR) is 79.9 cm³/mol. The Hall–Kier alpha value is 0.630. The lowest BCUT2D eigenvalue weighted by atomic mass is 9.97. The van der Waals surface area contributed by atoms with Crippen LogP contribution in [0.25, 0.3) is 0 Å². The summed E-state index contributed by atoms with van der Waals surface area (Å²) in [4.78, 5) is 0. The van der Waals surface area contributed by atoms with Gasteiger partial charge in [0.1, 0.15) is 0 Å². The van der Waals surface area contributed by atoms with Gasteiger partial charge in [0.05, 0.1) is 6.10 Å². The summed E-state index contributed by atoms with van der Waals surface area (Å²) >= 11 is 29.4. The summed E-state index contributed by atoms with van der Waals surface area (Å²) in [5.74, 6) is 0.0630. The molecule has 1 aromatic rings. The molecule has 1 atom stereocenters. The van der Waals surface area contributed by atoms with E-state index in [2.05, 4.69) is 0 Å². The zero-order valence-electron chi connectivity index (χ0n) is 9.80. The minimum Gasteiger partial charge on any atom is -0.388 e. The van der Waals surface area contributed by atoms with Gasteiger partial charge >= 0.3 is 0 Å². The van der Waals surface area contributed by atoms with Gasteiger partial charge in [-0.3, -0.25) is 0 Å². The summed E-state index contributed by atoms with van der Waals surface area (Å²) in [6.45, 7) is 3.81. The maximum atomic E-state index is 10.0. The molecule has 1 N–H and O–H groups in total. The number of hydrogen-bond acceptors (Lipinski definition) is 1. The molecule has 0 aliphatic carbocycles. The summed E-state index contributed by atoms with van der Waals surface area (Å²) in [5, 5.41) is 10.0. The Morgan fingerprint density at radius 3 is 2.06 bits per heavy atom. The van der Waals surface area contributed by atoms with Crippen LogP contribution in [0.2, 0.25) is 0 Å². The third kappa shape index (κ3) is 3.59. The summed E-state index contributed by atoms with van der Waals surface area (Å²) in [6, 6.07) is 6.79. The summed E-state index contributed by atoms with van der Waals surface area (Å²) in [5.41, 5.74) is 1.12. The maximum absolute atomic E-state index is 10.0. The molecule has 0 spiro atoms. The molecule has 0 fully saturated rings. The highest BCUT2D eigenvalue weighted by molar-refractivity contribution is 6.75. The van der Waals surface area contributed by atoms with Crippen LogP contribution in [-0.2, 0) is 4.33 Å². The SMILES string of the molecule is CC(C)C(O)c1cccc(C(Cl)(Cl)C(Cl)(Cl)Cl)c1. The number of alkyl halides is 5. The fourth-order valence-electron chi connectivity index (χ4n) is 1.47. The van der Waals surface area contributed by atoms with E-state index >= 15 is 0 Å². The Labute approximate surface area is 132 Å². The van der Waals surface area contributed by atoms with Gasteiger partial charge in [-0.1, -0.05) is 96.1 Å². The largest absolute Gasteiger partial charge is 0.388 e. The molecule has 102 valence electrons. The fraction of sp³-hybridized carbons (Fsp3) is 0.500. The summed E-state index contributed by atoms with van der Waals surface area (Å²) in [7, 11) is 0. The van der Waals surface area contributed by atoms with Gasteiger partial charge < -0.3 is 5.11 Å². The molecule has 0 radical (unpaired) electrons. The first-order valence-corrected chi connectivity index (χ1v) is 7.19. The van der Waals surface area contributed by atoms with Crippen molar-refractivity contribution in [2.45, 2.75) is 28.1 Å². The van der Waals surface area contributed by atoms with Crippen molar-refractivity contribution in [3.63, 3.8) is 0 Å². The Morgan fingerprint density at radius 2 is 1.61 bits per heavy atom. The highest BCUT2D eigenvalue weighted by Gasteiger charge is 2.47. The fourth-order valence-corrected chi connectivity index (χ4v) is 2.03. The van der Waals surface area contributed by atoms with Gasteiger partial charge in [-0.05, 0) is 17.0 Å². The van der Waals surface area contributed by atoms with Crippen LogP contribution in [0.5, 0.6) is 0 Å². The summed E-state index contributed by atoms with van der Waals surface area (Å²) in [6.07, 6.45) is -0.621. The number of hydrogen-bond donors (Lipinski definition) is 1. The van der Waals surface area contributed by atoms with Crippen molar-refractivity contribution in [2.75, 3.05) is 0 Å². The number of rotatable bonds is 3. The maximum Gasteiger partial charge on any atom is 0.227 e. The van der Waals surface area contributed by atoms with Gasteiger partial charge in [-0.25, -0.2) is 0 Å². The standard InChI is InChI=1S/C12H13Cl5O/c1-7(2)10(18)8-4-3-5-9(6-8)11(13,14)12(15,16)17/h3-7,10,18H,1-2H3. The van der Waals surface area contributed by atoms with E-state index < -0.39 is 14.2 Å². The van der Waals surface area contributed by atoms with Crippen molar-refractivity contribution >= 4 is 58.0 Å². The number of aliphatic hydroxyl groups is 1. The highest BCUT2D eigenvalue weighted by atomic mass is 35.6. The van der Waals surface area contributed by atoms with Gasteiger partial charge in [0, 0.05) is 0 Å². The van der Waals surface area contributed by atoms with E-state index in [1.165, 1.54) is 0 Å². The molecule has 0 bridgehead atoms. The number of halogens is 5. The van der Waals surface area contributed by atoms with Crippen molar-refractivity contribution in [1.82, 2.24) is 0 Å². The predicted octanol–water partition coefficient (Wildman–Crippen LogP) is 5.38. The second kappa shape index (κ2) is 5.95. The molecule has 1 unspecified atom stereocenters. The van der Waals surface area contributed by atoms with Crippen LogP contribution in [-0.4, -0.2) is 8.90 Å². The van der Waals surface area contributed by atoms with Crippen molar-refractivity contribution in [1.29, 1.82) is 0 Å². The molecule has 6 heteroatoms. The Bertz CT molecular complexity index is 411. The molecule has 1 aromatic carbocycles. The third-order valence-electron chi connectivity index (χ3n) is 2.58. The van der Waals surface area contributed by atoms with Crippen LogP contribution in [0.3, 0.4) is 0 Å². The quantitative estimate of drug-likeness (QED) is 0.726. The lowest BCUT2D eigenvalue weighted by Crippen LogP contribution is -2.28. The molecule has 0 aliphatic heterocycles. The molecule has 0 aliphatic rings. The van der Waals surface area contributed by atoms with Crippen LogP contribution in [0.1, 0.15) is 31.1 Å². The molecular formula is C12H13Cl5O. The molecule has 1 nitrogen and oxygen atoms in total. The third-order valence-corrected chi connectivity index (χ3v) is 5.01. The van der Waals surface area contributed by atoms with E-state index in [0.717, 1.165) is 0 Å². The van der Waals surface area contributed by atoms with Gasteiger partial charge in [0.15, 0.2) is 4.33 Å². The summed E-state index contributed by atoms with van der Waals surface area (Å²) < 4.78 is -3.54. The average Bonchev–Trinajstić information content (AvgIpc) is 2.26. The van der Waals surface area contributed by atoms with Crippen molar-refractivity contribution in [3.05, 3.63) is 35.4 Å². The average molecular weight is 350 g/mol. The van der Waals surface area contributed by atoms with Crippen LogP contribution in [0.15, 0.2) is 24.3 Å². The van der Waals surface area contributed by atoms with E-state index in [1.54, 1.807) is 24.3 Å². The molecule has 0 saturated carbocycles. The van der Waals surface area contributed by atoms with E-state index in [9.17, 15) is 5.11 Å². The van der Waals surface area contributed by atoms with Crippen LogP contribution in [0, 0.1) is 5.92 Å². The smallest absolute Gasteiger partial charge is 0.227 e. The van der Waals surface area contributed by atoms with Gasteiger partial charge in [0.2, 0.25) is 3.79 Å². The monoisotopic (exact) mass is 348 g/mol. The lowest BCUT2D eigenvalue weighted by molar-refractivity contribution is 0.127. The molecular weight excluding hydrogens is 337 g/mol. The Morgan fingerprint density at radius 1 is 1.06 bits per heavy atom. The molecule has 1 rings (SSSR count). The normalized spacial score (nSPS) is 14.9. The van der Waals surface area contributed by atoms with E-state index in [0.29, 0.717) is 11.1 Å². The molecule has 0 aromatic heterocycles. The van der Waals surface area contributed by atoms with Gasteiger partial charge in [0.25, 0.3) is 0 Å². The van der Waals surface area contributed by atoms with E-state index in [1.807, 2.05) is 13.8 Å². The van der Waals surface area contributed by atoms with Crippen LogP contribution in [0.4, 0.5) is 0 Å². The number of aliphatic hydroxyl groups excluding tert-OH is 1. The first-order chi connectivity index (χ1) is 8.07. The molecule has 0 heterocycles. The second-order valence-corrected chi connectivity index (χ2v) is 8.00. The van der Waals surface area contributed by atoms with E-state index in [4.69, 9.17) is 58.0 Å². The molecule has 0 amide bonds. The minimum absolute atomic E-state index is 0.0630. The number of benzene rings is 1. The van der Waals surface area contributed by atoms with Crippen molar-refractivity contribution in [2.24, 2.45) is 5.92 Å². The molecule has 18 heavy (non-hydrogen) atoms. The van der Waals surface area contributed by atoms with Gasteiger partial charge in [-0.2, -0.15) is 0 Å². The van der Waals surface area contributed by atoms with Gasteiger partial charge in [-0.15, -0.1) is 0 Å². The van der Waals surface area contributed by atoms with E-state index in [-0.39, 0.29) is 5.92 Å². The lowest BCUT2D eigenvalue weighted by Gasteiger charge is -2.28. The van der Waals surface area contributed by atoms with Crippen LogP contribution >= 0.6 is 58.0 Å². The zero-order chi connectivity index (χ0) is 14.1. The zero-order valence-corrected chi connectivity index (χ0v) is 13.6. The Kier molecular flexibility index (Phi) is 5.51. The first kappa shape index (κ1) is 16.7. The molecule has 0 saturated heterocycles.